The molecule has 0 saturated carbocycles. The van der Waals surface area contributed by atoms with Gasteiger partial charge in [-0.2, -0.15) is 0 Å². The molecule has 0 bridgehead atoms. The number of aromatic nitrogens is 2. The molecule has 2 saturated heterocycles. The van der Waals surface area contributed by atoms with Crippen LogP contribution in [0.3, 0.4) is 0 Å². The van der Waals surface area contributed by atoms with Gasteiger partial charge in [-0.15, -0.1) is 0 Å². The number of carbonyl (C=O) groups is 5. The Morgan fingerprint density at radius 1 is 0.870 bits per heavy atom. The van der Waals surface area contributed by atoms with Crippen LogP contribution in [-0.4, -0.2) is 115 Å². The number of aryl methyl sites for hydroxylation is 2. The molecule has 2 fully saturated rings. The molecule has 2 aromatic heterocycles. The van der Waals surface area contributed by atoms with Gasteiger partial charge >= 0.3 is 12.1 Å². The van der Waals surface area contributed by atoms with Crippen LogP contribution in [0.5, 0.6) is 11.5 Å². The van der Waals surface area contributed by atoms with Gasteiger partial charge in [0, 0.05) is 78.1 Å². The van der Waals surface area contributed by atoms with E-state index in [-0.39, 0.29) is 73.1 Å². The Bertz CT molecular complexity index is 2490. The fraction of sp³-hybridized carbons (Fsp3) is 0.460. The number of nitrogens with zero attached hydrogens (tertiary/aromatic N) is 4. The molecule has 4 amide bonds. The maximum atomic E-state index is 14.6. The van der Waals surface area contributed by atoms with Gasteiger partial charge in [0.15, 0.2) is 30.8 Å². The Morgan fingerprint density at radius 2 is 1.62 bits per heavy atom. The van der Waals surface area contributed by atoms with Gasteiger partial charge in [-0.25, -0.2) is 14.5 Å². The van der Waals surface area contributed by atoms with E-state index in [1.54, 1.807) is 84.5 Å². The normalized spacial score (nSPS) is 18.1. The highest BCUT2D eigenvalue weighted by atomic mass is 28.3. The van der Waals surface area contributed by atoms with Gasteiger partial charge in [0.1, 0.15) is 18.0 Å². The fourth-order valence-corrected chi connectivity index (χ4v) is 9.32. The third kappa shape index (κ3) is 12.8. The molecule has 0 spiro atoms. The van der Waals surface area contributed by atoms with Gasteiger partial charge in [-0.05, 0) is 86.9 Å². The van der Waals surface area contributed by atoms with Crippen molar-refractivity contribution < 1.29 is 57.5 Å². The summed E-state index contributed by atoms with van der Waals surface area (Å²) in [5.74, 6) is -1.54. The van der Waals surface area contributed by atoms with Crippen molar-refractivity contribution in [1.82, 2.24) is 14.0 Å². The van der Waals surface area contributed by atoms with Crippen molar-refractivity contribution in [3.05, 3.63) is 90.5 Å². The number of fused-ring (bicyclic) bond motifs is 2. The van der Waals surface area contributed by atoms with Crippen molar-refractivity contribution in [2.75, 3.05) is 55.3 Å². The lowest BCUT2D eigenvalue weighted by Crippen LogP contribution is -2.57. The summed E-state index contributed by atoms with van der Waals surface area (Å²) >= 11 is 0. The predicted molar refractivity (Wildman–Crippen MR) is 262 cm³/mol. The second-order valence-electron chi connectivity index (χ2n) is 18.7. The molecule has 3 aliphatic heterocycles. The molecule has 18 nitrogen and oxygen atoms in total. The van der Waals surface area contributed by atoms with E-state index >= 15 is 0 Å². The molecular formula is C50H64N6O12Si. The first-order valence-corrected chi connectivity index (χ1v) is 27.2. The standard InChI is InChI=1S/C50H64N6O12Si/c1-7-21-66-50(62)56-39-29-43(42(67-32-63-24-25-69(4,5)6)28-37(39)47(59)55-20-10-8-13-38(55)48(56)68-45-15-9-11-22-65-45)64-23-12-14-44(57)51-36-27-40(54(3)31-36)46(58)52-35-18-16-33(17-19-35)34-26-41(49(60)61)53(2)30-34/h7,16-19,26-31,38,45,48H,1,8-15,20-25,32H2,2-6H3,(H,51,57)(H,52,58)(H,60,61)/t38-,45?,48?/m0/s1. The van der Waals surface area contributed by atoms with E-state index in [4.69, 9.17) is 28.4 Å². The van der Waals surface area contributed by atoms with E-state index < -0.39 is 44.6 Å². The number of anilines is 3. The Balaban J connectivity index is 1.05. The lowest BCUT2D eigenvalue weighted by Gasteiger charge is -2.42. The van der Waals surface area contributed by atoms with E-state index in [2.05, 4.69) is 36.9 Å². The lowest BCUT2D eigenvalue weighted by molar-refractivity contribution is -0.198. The van der Waals surface area contributed by atoms with Crippen molar-refractivity contribution in [3.8, 4) is 22.6 Å². The smallest absolute Gasteiger partial charge is 0.416 e. The van der Waals surface area contributed by atoms with Gasteiger partial charge in [-0.1, -0.05) is 44.4 Å². The molecule has 19 heteroatoms. The number of hydrogen-bond acceptors (Lipinski definition) is 11. The highest BCUT2D eigenvalue weighted by Crippen LogP contribution is 2.43. The second-order valence-corrected chi connectivity index (χ2v) is 24.3. The zero-order valence-corrected chi connectivity index (χ0v) is 41.1. The summed E-state index contributed by atoms with van der Waals surface area (Å²) < 4.78 is 39.9. The van der Waals surface area contributed by atoms with Crippen molar-refractivity contribution in [3.63, 3.8) is 0 Å². The van der Waals surface area contributed by atoms with Crippen LogP contribution in [0.25, 0.3) is 11.1 Å². The number of carboxylic acids is 1. The van der Waals surface area contributed by atoms with Crippen molar-refractivity contribution in [1.29, 1.82) is 0 Å². The third-order valence-electron chi connectivity index (χ3n) is 12.2. The number of amides is 4. The van der Waals surface area contributed by atoms with Crippen LogP contribution in [0.4, 0.5) is 21.9 Å². The molecule has 0 radical (unpaired) electrons. The van der Waals surface area contributed by atoms with Crippen LogP contribution >= 0.6 is 0 Å². The Labute approximate surface area is 403 Å². The first kappa shape index (κ1) is 50.5. The number of benzene rings is 2. The number of carbonyl (C=O) groups excluding carboxylic acids is 4. The van der Waals surface area contributed by atoms with Crippen LogP contribution in [-0.2, 0) is 37.8 Å². The summed E-state index contributed by atoms with van der Waals surface area (Å²) in [4.78, 5) is 70.0. The molecule has 3 aliphatic rings. The average Bonchev–Trinajstić information content (AvgIpc) is 3.88. The molecule has 2 aromatic carbocycles. The number of nitrogens with one attached hydrogen (secondary N) is 2. The number of piperidine rings is 1. The molecule has 4 aromatic rings. The molecule has 7 rings (SSSR count). The molecular weight excluding hydrogens is 905 g/mol. The SMILES string of the molecule is C=CCOC(=O)N1c2cc(OCCCC(=O)Nc3cc(C(=O)Nc4ccc(-c5cc(C(=O)O)n(C)c5)cc4)n(C)c3)c(OCOCC[Si](C)(C)C)cc2C(=O)N2CCCC[C@H]2C1OC1CCCCO1. The van der Waals surface area contributed by atoms with Gasteiger partial charge in [0.05, 0.1) is 29.6 Å². The van der Waals surface area contributed by atoms with E-state index in [1.165, 1.54) is 15.5 Å². The van der Waals surface area contributed by atoms with Gasteiger partial charge in [0.25, 0.3) is 11.8 Å². The number of rotatable bonds is 20. The molecule has 3 atom stereocenters. The largest absolute Gasteiger partial charge is 0.490 e. The lowest BCUT2D eigenvalue weighted by atomic mass is 10.00. The molecule has 2 unspecified atom stereocenters. The van der Waals surface area contributed by atoms with Crippen LogP contribution in [0.1, 0.15) is 82.7 Å². The maximum absolute atomic E-state index is 14.6. The molecule has 3 N–H and O–H groups in total. The van der Waals surface area contributed by atoms with Crippen molar-refractivity contribution in [2.24, 2.45) is 14.1 Å². The van der Waals surface area contributed by atoms with Crippen LogP contribution in [0, 0.1) is 0 Å². The summed E-state index contributed by atoms with van der Waals surface area (Å²) in [6.07, 6.45) is 7.61. The minimum absolute atomic E-state index is 0.0602. The van der Waals surface area contributed by atoms with Gasteiger partial charge in [-0.3, -0.25) is 14.4 Å². The van der Waals surface area contributed by atoms with E-state index in [1.807, 2.05) is 0 Å². The minimum atomic E-state index is -1.39. The Morgan fingerprint density at radius 3 is 2.33 bits per heavy atom. The highest BCUT2D eigenvalue weighted by Gasteiger charge is 2.47. The predicted octanol–water partition coefficient (Wildman–Crippen LogP) is 8.48. The summed E-state index contributed by atoms with van der Waals surface area (Å²) in [6.45, 7) is 11.9. The maximum Gasteiger partial charge on any atom is 0.416 e. The molecule has 5 heterocycles. The zero-order valence-electron chi connectivity index (χ0n) is 40.1. The van der Waals surface area contributed by atoms with Gasteiger partial charge in [0.2, 0.25) is 5.91 Å². The quantitative estimate of drug-likeness (QED) is 0.0331. The summed E-state index contributed by atoms with van der Waals surface area (Å²) in [5.41, 5.74) is 3.40. The summed E-state index contributed by atoms with van der Waals surface area (Å²) in [6, 6.07) is 13.8. The molecule has 69 heavy (non-hydrogen) atoms. The first-order valence-electron chi connectivity index (χ1n) is 23.5. The Kier molecular flexibility index (Phi) is 16.7. The van der Waals surface area contributed by atoms with Crippen LogP contribution < -0.4 is 25.0 Å². The summed E-state index contributed by atoms with van der Waals surface area (Å²) in [7, 11) is 1.98. The number of hydrogen-bond donors (Lipinski definition) is 3. The van der Waals surface area contributed by atoms with Crippen LogP contribution in [0.2, 0.25) is 25.7 Å². The minimum Gasteiger partial charge on any atom is -0.490 e. The van der Waals surface area contributed by atoms with Gasteiger partial charge < -0.3 is 58.2 Å². The highest BCUT2D eigenvalue weighted by molar-refractivity contribution is 6.76. The first-order chi connectivity index (χ1) is 33.1. The average molecular weight is 969 g/mol. The number of aromatic carboxylic acids is 1. The van der Waals surface area contributed by atoms with Crippen LogP contribution in [0.15, 0.2) is 73.6 Å². The fourth-order valence-electron chi connectivity index (χ4n) is 8.56. The third-order valence-corrected chi connectivity index (χ3v) is 13.9. The number of carboxylic acid groups (broad SMARTS) is 1. The topological polar surface area (TPSA) is 201 Å². The Hall–Kier alpha value is -6.41. The van der Waals surface area contributed by atoms with E-state index in [0.29, 0.717) is 49.7 Å². The van der Waals surface area contributed by atoms with E-state index in [9.17, 15) is 29.1 Å². The zero-order chi connectivity index (χ0) is 49.2. The van der Waals surface area contributed by atoms with Crippen molar-refractivity contribution >= 4 is 54.9 Å². The van der Waals surface area contributed by atoms with E-state index in [0.717, 1.165) is 42.9 Å². The molecule has 370 valence electrons. The molecule has 0 aliphatic carbocycles. The summed E-state index contributed by atoms with van der Waals surface area (Å²) in [5, 5.41) is 15.1. The monoisotopic (exact) mass is 968 g/mol. The van der Waals surface area contributed by atoms with Crippen molar-refractivity contribution in [2.45, 2.75) is 95.6 Å². The second kappa shape index (κ2) is 22.8. The number of ether oxygens (including phenoxy) is 6.